The molecule has 3 aromatic rings. The number of nitrogens with one attached hydrogen (secondary N) is 2. The predicted octanol–water partition coefficient (Wildman–Crippen LogP) is 4.01. The van der Waals surface area contributed by atoms with Gasteiger partial charge in [-0.1, -0.05) is 61.9 Å². The largest absolute Gasteiger partial charge is 0.361 e. The lowest BCUT2D eigenvalue weighted by molar-refractivity contribution is -0.125. The first kappa shape index (κ1) is 22.6. The Hall–Kier alpha value is -2.64. The second-order valence-electron chi connectivity index (χ2n) is 8.44. The van der Waals surface area contributed by atoms with E-state index in [9.17, 15) is 13.2 Å². The van der Waals surface area contributed by atoms with Gasteiger partial charge in [0.2, 0.25) is 15.9 Å². The Labute approximate surface area is 190 Å². The van der Waals surface area contributed by atoms with Crippen LogP contribution >= 0.6 is 0 Å². The lowest BCUT2D eigenvalue weighted by atomic mass is 9.90. The molecule has 2 atom stereocenters. The van der Waals surface area contributed by atoms with E-state index in [2.05, 4.69) is 28.5 Å². The maximum Gasteiger partial charge on any atom is 0.238 e. The van der Waals surface area contributed by atoms with E-state index < -0.39 is 16.1 Å². The topological polar surface area (TPSA) is 82.3 Å². The van der Waals surface area contributed by atoms with E-state index in [0.717, 1.165) is 34.9 Å². The second-order valence-corrected chi connectivity index (χ2v) is 10.5. The maximum atomic E-state index is 13.2. The third kappa shape index (κ3) is 4.74. The van der Waals surface area contributed by atoms with Crippen molar-refractivity contribution in [1.29, 1.82) is 0 Å². The van der Waals surface area contributed by atoms with Gasteiger partial charge in [0.1, 0.15) is 6.04 Å². The van der Waals surface area contributed by atoms with Crippen molar-refractivity contribution in [2.45, 2.75) is 44.6 Å². The molecule has 1 aliphatic rings. The fourth-order valence-corrected chi connectivity index (χ4v) is 6.42. The average molecular weight is 454 g/mol. The number of hydrogen-bond donors (Lipinski definition) is 2. The summed E-state index contributed by atoms with van der Waals surface area (Å²) in [6.45, 7) is 2.68. The number of benzene rings is 2. The summed E-state index contributed by atoms with van der Waals surface area (Å²) in [7, 11) is -3.42. The number of amides is 1. The van der Waals surface area contributed by atoms with E-state index in [0.29, 0.717) is 25.9 Å². The lowest BCUT2D eigenvalue weighted by Crippen LogP contribution is -2.52. The van der Waals surface area contributed by atoms with Gasteiger partial charge in [-0.3, -0.25) is 4.79 Å². The molecule has 2 unspecified atom stereocenters. The summed E-state index contributed by atoms with van der Waals surface area (Å²) in [5.74, 6) is -0.163. The number of rotatable bonds is 8. The van der Waals surface area contributed by atoms with Gasteiger partial charge in [0.25, 0.3) is 0 Å². The number of hydrogen-bond acceptors (Lipinski definition) is 3. The van der Waals surface area contributed by atoms with Crippen LogP contribution in [0.25, 0.3) is 10.9 Å². The quantitative estimate of drug-likeness (QED) is 0.541. The molecule has 1 fully saturated rings. The first-order valence-electron chi connectivity index (χ1n) is 11.4. The third-order valence-corrected chi connectivity index (χ3v) is 8.33. The number of nitrogens with zero attached hydrogens (tertiary/aromatic N) is 1. The SMILES string of the molecule is CCCS(=O)(=O)N1CCCCC1C(=O)NCC(c1ccccc1)c1c[nH]c2ccccc12. The van der Waals surface area contributed by atoms with Crippen molar-refractivity contribution >= 4 is 26.8 Å². The van der Waals surface area contributed by atoms with Crippen LogP contribution in [0.1, 0.15) is 49.7 Å². The van der Waals surface area contributed by atoms with Gasteiger partial charge in [-0.15, -0.1) is 0 Å². The third-order valence-electron chi connectivity index (χ3n) is 6.25. The van der Waals surface area contributed by atoms with Crippen molar-refractivity contribution < 1.29 is 13.2 Å². The van der Waals surface area contributed by atoms with E-state index in [4.69, 9.17) is 0 Å². The summed E-state index contributed by atoms with van der Waals surface area (Å²) >= 11 is 0. The zero-order valence-corrected chi connectivity index (χ0v) is 19.3. The van der Waals surface area contributed by atoms with Crippen LogP contribution in [0.4, 0.5) is 0 Å². The highest BCUT2D eigenvalue weighted by molar-refractivity contribution is 7.89. The van der Waals surface area contributed by atoms with E-state index >= 15 is 0 Å². The molecule has 1 aliphatic heterocycles. The van der Waals surface area contributed by atoms with Crippen LogP contribution in [-0.2, 0) is 14.8 Å². The Kier molecular flexibility index (Phi) is 6.96. The number of sulfonamides is 1. The van der Waals surface area contributed by atoms with Crippen molar-refractivity contribution in [3.8, 4) is 0 Å². The Morgan fingerprint density at radius 3 is 2.66 bits per heavy atom. The number of aromatic amines is 1. The smallest absolute Gasteiger partial charge is 0.238 e. The van der Waals surface area contributed by atoms with Crippen molar-refractivity contribution in [1.82, 2.24) is 14.6 Å². The molecule has 2 heterocycles. The molecule has 32 heavy (non-hydrogen) atoms. The first-order valence-corrected chi connectivity index (χ1v) is 13.0. The van der Waals surface area contributed by atoms with Gasteiger partial charge in [-0.05, 0) is 36.5 Å². The fraction of sp³-hybridized carbons (Fsp3) is 0.400. The second kappa shape index (κ2) is 9.88. The molecule has 1 saturated heterocycles. The molecule has 7 heteroatoms. The normalized spacial score (nSPS) is 18.5. The van der Waals surface area contributed by atoms with Gasteiger partial charge in [-0.2, -0.15) is 4.31 Å². The van der Waals surface area contributed by atoms with Crippen molar-refractivity contribution in [3.63, 3.8) is 0 Å². The van der Waals surface area contributed by atoms with E-state index in [1.807, 2.05) is 49.5 Å². The standard InChI is InChI=1S/C25H31N3O3S/c1-2-16-32(30,31)28-15-9-8-14-24(28)25(29)27-17-21(19-10-4-3-5-11-19)22-18-26-23-13-7-6-12-20(22)23/h3-7,10-13,18,21,24,26H,2,8-9,14-17H2,1H3,(H,27,29). The predicted molar refractivity (Wildman–Crippen MR) is 128 cm³/mol. The molecule has 6 nitrogen and oxygen atoms in total. The fourth-order valence-electron chi connectivity index (χ4n) is 4.67. The van der Waals surface area contributed by atoms with Gasteiger partial charge in [-0.25, -0.2) is 8.42 Å². The van der Waals surface area contributed by atoms with Gasteiger partial charge in [0, 0.05) is 36.1 Å². The highest BCUT2D eigenvalue weighted by Crippen LogP contribution is 2.30. The van der Waals surface area contributed by atoms with Crippen LogP contribution in [0.3, 0.4) is 0 Å². The Bertz CT molecular complexity index is 1160. The molecule has 4 rings (SSSR count). The van der Waals surface area contributed by atoms with Crippen LogP contribution in [0.5, 0.6) is 0 Å². The maximum absolute atomic E-state index is 13.2. The lowest BCUT2D eigenvalue weighted by Gasteiger charge is -2.34. The van der Waals surface area contributed by atoms with Crippen molar-refractivity contribution in [2.75, 3.05) is 18.8 Å². The number of H-pyrrole nitrogens is 1. The number of fused-ring (bicyclic) bond motifs is 1. The zero-order valence-electron chi connectivity index (χ0n) is 18.5. The van der Waals surface area contributed by atoms with Crippen LogP contribution < -0.4 is 5.32 Å². The van der Waals surface area contributed by atoms with Crippen molar-refractivity contribution in [2.24, 2.45) is 0 Å². The van der Waals surface area contributed by atoms with Gasteiger partial charge in [0.05, 0.1) is 5.75 Å². The van der Waals surface area contributed by atoms with Crippen molar-refractivity contribution in [3.05, 3.63) is 71.9 Å². The van der Waals surface area contributed by atoms with E-state index in [1.165, 1.54) is 4.31 Å². The molecule has 2 N–H and O–H groups in total. The van der Waals surface area contributed by atoms with E-state index in [-0.39, 0.29) is 17.6 Å². The molecule has 0 radical (unpaired) electrons. The number of carbonyl (C=O) groups is 1. The summed E-state index contributed by atoms with van der Waals surface area (Å²) in [5.41, 5.74) is 3.28. The molecule has 1 amide bonds. The van der Waals surface area contributed by atoms with E-state index in [1.54, 1.807) is 0 Å². The molecular weight excluding hydrogens is 422 g/mol. The Balaban J connectivity index is 1.57. The molecule has 0 saturated carbocycles. The highest BCUT2D eigenvalue weighted by Gasteiger charge is 2.36. The summed E-state index contributed by atoms with van der Waals surface area (Å²) < 4.78 is 26.9. The zero-order chi connectivity index (χ0) is 22.6. The van der Waals surface area contributed by atoms with Crippen LogP contribution in [0, 0.1) is 0 Å². The first-order chi connectivity index (χ1) is 15.5. The summed E-state index contributed by atoms with van der Waals surface area (Å²) in [4.78, 5) is 16.5. The Morgan fingerprint density at radius 2 is 1.88 bits per heavy atom. The summed E-state index contributed by atoms with van der Waals surface area (Å²) in [6.07, 6.45) is 4.78. The molecule has 0 bridgehead atoms. The summed E-state index contributed by atoms with van der Waals surface area (Å²) in [5, 5.41) is 4.21. The molecule has 0 aliphatic carbocycles. The molecular formula is C25H31N3O3S. The van der Waals surface area contributed by atoms with Crippen LogP contribution in [-0.4, -0.2) is 48.5 Å². The van der Waals surface area contributed by atoms with Crippen LogP contribution in [0.2, 0.25) is 0 Å². The molecule has 0 spiro atoms. The monoisotopic (exact) mass is 453 g/mol. The number of carbonyl (C=O) groups excluding carboxylic acids is 1. The minimum atomic E-state index is -3.42. The Morgan fingerprint density at radius 1 is 1.12 bits per heavy atom. The minimum Gasteiger partial charge on any atom is -0.361 e. The molecule has 1 aromatic heterocycles. The highest BCUT2D eigenvalue weighted by atomic mass is 32.2. The average Bonchev–Trinajstić information content (AvgIpc) is 3.24. The van der Waals surface area contributed by atoms with Gasteiger partial charge >= 0.3 is 0 Å². The van der Waals surface area contributed by atoms with Gasteiger partial charge in [0.15, 0.2) is 0 Å². The number of para-hydroxylation sites is 1. The van der Waals surface area contributed by atoms with Gasteiger partial charge < -0.3 is 10.3 Å². The number of aromatic nitrogens is 1. The number of piperidine rings is 1. The molecule has 170 valence electrons. The molecule has 2 aromatic carbocycles. The minimum absolute atomic E-state index is 0.0411. The summed E-state index contributed by atoms with van der Waals surface area (Å²) in [6, 6.07) is 17.6. The van der Waals surface area contributed by atoms with Crippen LogP contribution in [0.15, 0.2) is 60.8 Å².